The number of hydrogen-bond acceptors (Lipinski definition) is 4. The zero-order valence-corrected chi connectivity index (χ0v) is 10.6. The summed E-state index contributed by atoms with van der Waals surface area (Å²) in [5.74, 6) is 1.17. The van der Waals surface area contributed by atoms with Crippen molar-refractivity contribution in [1.29, 1.82) is 0 Å². The molecule has 0 bridgehead atoms. The maximum Gasteiger partial charge on any atom is 0.150 e. The Balaban J connectivity index is 2.57. The summed E-state index contributed by atoms with van der Waals surface area (Å²) >= 11 is 0. The van der Waals surface area contributed by atoms with E-state index in [1.165, 1.54) is 6.20 Å². The monoisotopic (exact) mass is 246 g/mol. The van der Waals surface area contributed by atoms with E-state index >= 15 is 0 Å². The topological polar surface area (TPSA) is 50.7 Å². The van der Waals surface area contributed by atoms with Crippen molar-refractivity contribution in [2.24, 2.45) is 0 Å². The third-order valence-electron chi connectivity index (χ3n) is 2.56. The molecule has 5 heteroatoms. The fraction of sp³-hybridized carbons (Fsp3) is 0.308. The Morgan fingerprint density at radius 3 is 2.67 bits per heavy atom. The van der Waals surface area contributed by atoms with Gasteiger partial charge in [0.25, 0.3) is 0 Å². The van der Waals surface area contributed by atoms with Crippen LogP contribution in [0.4, 0.5) is 10.2 Å². The van der Waals surface area contributed by atoms with Gasteiger partial charge in [0.1, 0.15) is 11.6 Å². The van der Waals surface area contributed by atoms with Crippen molar-refractivity contribution >= 4 is 5.82 Å². The Hall–Kier alpha value is -2.04. The normalized spacial score (nSPS) is 10.7. The molecule has 0 unspecified atom stereocenters. The number of nitrogens with zero attached hydrogens (tertiary/aromatic N) is 3. The van der Waals surface area contributed by atoms with Gasteiger partial charge < -0.3 is 5.32 Å². The van der Waals surface area contributed by atoms with Crippen molar-refractivity contribution in [2.75, 3.05) is 12.4 Å². The fourth-order valence-corrected chi connectivity index (χ4v) is 1.57. The molecule has 0 aliphatic heterocycles. The fourth-order valence-electron chi connectivity index (χ4n) is 1.57. The highest BCUT2D eigenvalue weighted by atomic mass is 19.1. The Morgan fingerprint density at radius 2 is 2.06 bits per heavy atom. The molecule has 2 aromatic rings. The van der Waals surface area contributed by atoms with Crippen LogP contribution in [0.15, 0.2) is 24.5 Å². The summed E-state index contributed by atoms with van der Waals surface area (Å²) in [4.78, 5) is 12.5. The molecule has 2 heterocycles. The van der Waals surface area contributed by atoms with E-state index in [2.05, 4.69) is 20.3 Å². The van der Waals surface area contributed by atoms with Gasteiger partial charge in [-0.25, -0.2) is 14.4 Å². The molecule has 0 aromatic carbocycles. The summed E-state index contributed by atoms with van der Waals surface area (Å²) in [6.07, 6.45) is 2.74. The van der Waals surface area contributed by atoms with Gasteiger partial charge in [-0.2, -0.15) is 0 Å². The molecule has 0 amide bonds. The van der Waals surface area contributed by atoms with E-state index in [0.29, 0.717) is 22.9 Å². The molecular weight excluding hydrogens is 231 g/mol. The number of halogens is 1. The van der Waals surface area contributed by atoms with Crippen LogP contribution in [0.5, 0.6) is 0 Å². The third kappa shape index (κ3) is 2.45. The molecule has 2 rings (SSSR count). The smallest absolute Gasteiger partial charge is 0.150 e. The predicted octanol–water partition coefficient (Wildman–Crippen LogP) is 2.84. The average Bonchev–Trinajstić information content (AvgIpc) is 2.38. The first-order chi connectivity index (χ1) is 8.61. The molecule has 0 saturated carbocycles. The molecule has 1 N–H and O–H groups in total. The van der Waals surface area contributed by atoms with Gasteiger partial charge in [0.05, 0.1) is 11.9 Å². The van der Waals surface area contributed by atoms with Crippen molar-refractivity contribution in [1.82, 2.24) is 15.0 Å². The Morgan fingerprint density at radius 1 is 1.28 bits per heavy atom. The molecule has 0 aliphatic carbocycles. The third-order valence-corrected chi connectivity index (χ3v) is 2.56. The molecule has 0 spiro atoms. The van der Waals surface area contributed by atoms with Crippen LogP contribution in [-0.4, -0.2) is 22.0 Å². The lowest BCUT2D eigenvalue weighted by Gasteiger charge is -2.10. The molecule has 0 fully saturated rings. The molecule has 0 atom stereocenters. The van der Waals surface area contributed by atoms with Crippen LogP contribution >= 0.6 is 0 Å². The summed E-state index contributed by atoms with van der Waals surface area (Å²) < 4.78 is 13.7. The average molecular weight is 246 g/mol. The van der Waals surface area contributed by atoms with Crippen LogP contribution in [0.3, 0.4) is 0 Å². The standard InChI is InChI=1S/C13H15FN4/c1-8(2)13-17-11(6-12(15-3)18-13)9-4-5-16-7-10(9)14/h4-8H,1-3H3,(H,15,17,18). The van der Waals surface area contributed by atoms with Crippen molar-refractivity contribution in [3.05, 3.63) is 36.2 Å². The second kappa shape index (κ2) is 5.08. The first-order valence-corrected chi connectivity index (χ1v) is 5.78. The molecule has 18 heavy (non-hydrogen) atoms. The Labute approximate surface area is 105 Å². The number of rotatable bonds is 3. The number of pyridine rings is 1. The van der Waals surface area contributed by atoms with Crippen molar-refractivity contribution < 1.29 is 4.39 Å². The van der Waals surface area contributed by atoms with Gasteiger partial charge in [-0.15, -0.1) is 0 Å². The Kier molecular flexibility index (Phi) is 3.50. The number of aromatic nitrogens is 3. The van der Waals surface area contributed by atoms with E-state index in [9.17, 15) is 4.39 Å². The van der Waals surface area contributed by atoms with E-state index in [-0.39, 0.29) is 11.7 Å². The van der Waals surface area contributed by atoms with Gasteiger partial charge >= 0.3 is 0 Å². The predicted molar refractivity (Wildman–Crippen MR) is 68.9 cm³/mol. The second-order valence-corrected chi connectivity index (χ2v) is 4.26. The number of anilines is 1. The minimum Gasteiger partial charge on any atom is -0.373 e. The molecule has 94 valence electrons. The van der Waals surface area contributed by atoms with E-state index < -0.39 is 0 Å². The van der Waals surface area contributed by atoms with E-state index in [0.717, 1.165) is 0 Å². The van der Waals surface area contributed by atoms with Crippen LogP contribution in [0.25, 0.3) is 11.3 Å². The highest BCUT2D eigenvalue weighted by Gasteiger charge is 2.11. The van der Waals surface area contributed by atoms with E-state index in [1.54, 1.807) is 25.4 Å². The van der Waals surface area contributed by atoms with Crippen LogP contribution < -0.4 is 5.32 Å². The highest BCUT2D eigenvalue weighted by molar-refractivity contribution is 5.62. The second-order valence-electron chi connectivity index (χ2n) is 4.26. The summed E-state index contributed by atoms with van der Waals surface area (Å²) in [7, 11) is 1.78. The van der Waals surface area contributed by atoms with E-state index in [1.807, 2.05) is 13.8 Å². The maximum absolute atomic E-state index is 13.7. The molecule has 2 aromatic heterocycles. The van der Waals surface area contributed by atoms with Crippen LogP contribution in [0.2, 0.25) is 0 Å². The van der Waals surface area contributed by atoms with Gasteiger partial charge in [-0.1, -0.05) is 13.8 Å². The van der Waals surface area contributed by atoms with Gasteiger partial charge in [-0.3, -0.25) is 4.98 Å². The van der Waals surface area contributed by atoms with Gasteiger partial charge in [0.15, 0.2) is 5.82 Å². The lowest BCUT2D eigenvalue weighted by Crippen LogP contribution is -2.03. The van der Waals surface area contributed by atoms with Crippen molar-refractivity contribution in [2.45, 2.75) is 19.8 Å². The summed E-state index contributed by atoms with van der Waals surface area (Å²) in [6.45, 7) is 4.00. The number of nitrogens with one attached hydrogen (secondary N) is 1. The number of hydrogen-bond donors (Lipinski definition) is 1. The molecular formula is C13H15FN4. The summed E-state index contributed by atoms with van der Waals surface area (Å²) in [6, 6.07) is 3.34. The largest absolute Gasteiger partial charge is 0.373 e. The minimum atomic E-state index is -0.382. The highest BCUT2D eigenvalue weighted by Crippen LogP contribution is 2.23. The van der Waals surface area contributed by atoms with Crippen LogP contribution in [0.1, 0.15) is 25.6 Å². The summed E-state index contributed by atoms with van der Waals surface area (Å²) in [5.41, 5.74) is 1.00. The molecule has 0 radical (unpaired) electrons. The van der Waals surface area contributed by atoms with Gasteiger partial charge in [0.2, 0.25) is 0 Å². The zero-order chi connectivity index (χ0) is 13.1. The Bertz CT molecular complexity index is 554. The zero-order valence-electron chi connectivity index (χ0n) is 10.6. The van der Waals surface area contributed by atoms with Crippen molar-refractivity contribution in [3.8, 4) is 11.3 Å². The lowest BCUT2D eigenvalue weighted by molar-refractivity contribution is 0.624. The van der Waals surface area contributed by atoms with Crippen LogP contribution in [-0.2, 0) is 0 Å². The molecule has 0 saturated heterocycles. The van der Waals surface area contributed by atoms with Gasteiger partial charge in [0, 0.05) is 30.8 Å². The molecule has 4 nitrogen and oxygen atoms in total. The van der Waals surface area contributed by atoms with E-state index in [4.69, 9.17) is 0 Å². The minimum absolute atomic E-state index is 0.182. The lowest BCUT2D eigenvalue weighted by atomic mass is 10.1. The quantitative estimate of drug-likeness (QED) is 0.904. The maximum atomic E-state index is 13.7. The van der Waals surface area contributed by atoms with Gasteiger partial charge in [-0.05, 0) is 6.07 Å². The first-order valence-electron chi connectivity index (χ1n) is 5.78. The van der Waals surface area contributed by atoms with Crippen LogP contribution in [0, 0.1) is 5.82 Å². The first kappa shape index (κ1) is 12.4. The SMILES string of the molecule is CNc1cc(-c2ccncc2F)nc(C(C)C)n1. The van der Waals surface area contributed by atoms with Crippen molar-refractivity contribution in [3.63, 3.8) is 0 Å². The summed E-state index contributed by atoms with van der Waals surface area (Å²) in [5, 5.41) is 2.96. The molecule has 0 aliphatic rings.